The molecule has 0 spiro atoms. The van der Waals surface area contributed by atoms with Gasteiger partial charge in [-0.3, -0.25) is 14.9 Å². The van der Waals surface area contributed by atoms with Gasteiger partial charge in [0.05, 0.1) is 28.2 Å². The summed E-state index contributed by atoms with van der Waals surface area (Å²) in [6, 6.07) is 14.8. The molecule has 0 aliphatic heterocycles. The Morgan fingerprint density at radius 2 is 1.80 bits per heavy atom. The van der Waals surface area contributed by atoms with Gasteiger partial charge < -0.3 is 19.0 Å². The summed E-state index contributed by atoms with van der Waals surface area (Å²) < 4.78 is 41.6. The van der Waals surface area contributed by atoms with Crippen LogP contribution in [0.3, 0.4) is 0 Å². The van der Waals surface area contributed by atoms with E-state index in [1.807, 2.05) is 6.07 Å². The van der Waals surface area contributed by atoms with Crippen LogP contribution in [0.5, 0.6) is 11.5 Å². The number of anilines is 1. The highest BCUT2D eigenvalue weighted by molar-refractivity contribution is 9.10. The molecular formula is C27H22BrN3O9S. The Balaban J connectivity index is 1.89. The van der Waals surface area contributed by atoms with Gasteiger partial charge in [0.1, 0.15) is 16.5 Å². The van der Waals surface area contributed by atoms with Crippen molar-refractivity contribution in [2.75, 3.05) is 18.5 Å². The number of hydrogen-bond acceptors (Lipinski definition) is 10. The predicted octanol–water partition coefficient (Wildman–Crippen LogP) is 5.25. The number of carbonyl (C=O) groups excluding carboxylic acids is 2. The molecule has 0 saturated carbocycles. The summed E-state index contributed by atoms with van der Waals surface area (Å²) in [5.41, 5.74) is 0.201. The van der Waals surface area contributed by atoms with Crippen LogP contribution in [0.4, 0.5) is 11.4 Å². The summed E-state index contributed by atoms with van der Waals surface area (Å²) in [6.45, 7) is 3.66. The van der Waals surface area contributed by atoms with Crippen molar-refractivity contribution in [3.8, 4) is 17.6 Å². The molecule has 3 rings (SSSR count). The molecule has 41 heavy (non-hydrogen) atoms. The molecule has 1 amide bonds. The van der Waals surface area contributed by atoms with Gasteiger partial charge in [0, 0.05) is 17.8 Å². The molecule has 0 unspecified atom stereocenters. The zero-order chi connectivity index (χ0) is 30.2. The standard InChI is InChI=1S/C27H22BrN3O9S/c1-3-38-24-14-17(12-19(16-29)26(32)30-20-10-8-18(9-11-20)27(33)39-4-2)13-23(28)25(24)40-41(36,37)22-7-5-6-21(15-22)31(34)35/h5-15H,3-4H2,1-2H3,(H,30,32)/b19-12+. The van der Waals surface area contributed by atoms with Crippen LogP contribution in [0.2, 0.25) is 0 Å². The molecule has 0 atom stereocenters. The highest BCUT2D eigenvalue weighted by Gasteiger charge is 2.24. The van der Waals surface area contributed by atoms with Crippen molar-refractivity contribution in [2.45, 2.75) is 18.7 Å². The van der Waals surface area contributed by atoms with Crippen molar-refractivity contribution in [3.05, 3.63) is 92.0 Å². The second kappa shape index (κ2) is 13.6. The predicted molar refractivity (Wildman–Crippen MR) is 151 cm³/mol. The molecule has 0 aliphatic rings. The molecule has 0 bridgehead atoms. The fraction of sp³-hybridized carbons (Fsp3) is 0.148. The van der Waals surface area contributed by atoms with E-state index in [4.69, 9.17) is 13.7 Å². The summed E-state index contributed by atoms with van der Waals surface area (Å²) in [5, 5.41) is 23.2. The number of nitro groups is 1. The molecule has 0 saturated heterocycles. The van der Waals surface area contributed by atoms with Crippen LogP contribution in [0, 0.1) is 21.4 Å². The molecule has 0 aliphatic carbocycles. The van der Waals surface area contributed by atoms with E-state index in [-0.39, 0.29) is 34.8 Å². The monoisotopic (exact) mass is 643 g/mol. The van der Waals surface area contributed by atoms with Gasteiger partial charge in [-0.05, 0) is 83.9 Å². The lowest BCUT2D eigenvalue weighted by Gasteiger charge is -2.14. The number of nitrogens with zero attached hydrogens (tertiary/aromatic N) is 2. The van der Waals surface area contributed by atoms with Crippen LogP contribution in [0.15, 0.2) is 75.6 Å². The van der Waals surface area contributed by atoms with Crippen molar-refractivity contribution in [1.82, 2.24) is 0 Å². The van der Waals surface area contributed by atoms with Crippen molar-refractivity contribution < 1.29 is 36.6 Å². The third-order valence-corrected chi connectivity index (χ3v) is 6.98. The molecule has 3 aromatic carbocycles. The highest BCUT2D eigenvalue weighted by atomic mass is 79.9. The Morgan fingerprint density at radius 3 is 2.41 bits per heavy atom. The Kier molecular flexibility index (Phi) is 10.2. The van der Waals surface area contributed by atoms with Gasteiger partial charge in [-0.25, -0.2) is 4.79 Å². The first-order valence-corrected chi connectivity index (χ1v) is 14.0. The van der Waals surface area contributed by atoms with Crippen molar-refractivity contribution in [2.24, 2.45) is 0 Å². The van der Waals surface area contributed by atoms with E-state index in [0.717, 1.165) is 18.2 Å². The number of halogens is 1. The highest BCUT2D eigenvalue weighted by Crippen LogP contribution is 2.39. The quantitative estimate of drug-likeness (QED) is 0.0725. The van der Waals surface area contributed by atoms with E-state index in [1.54, 1.807) is 13.8 Å². The lowest BCUT2D eigenvalue weighted by molar-refractivity contribution is -0.385. The normalized spacial score (nSPS) is 11.2. The van der Waals surface area contributed by atoms with Gasteiger partial charge in [0.25, 0.3) is 11.6 Å². The Morgan fingerprint density at radius 1 is 1.10 bits per heavy atom. The van der Waals surface area contributed by atoms with Crippen LogP contribution in [0.1, 0.15) is 29.8 Å². The average Bonchev–Trinajstić information content (AvgIpc) is 2.94. The maximum absolute atomic E-state index is 12.9. The second-order valence-corrected chi connectivity index (χ2v) is 10.4. The van der Waals surface area contributed by atoms with Crippen molar-refractivity contribution in [3.63, 3.8) is 0 Å². The number of hydrogen-bond donors (Lipinski definition) is 1. The van der Waals surface area contributed by atoms with Crippen LogP contribution in [-0.4, -0.2) is 38.4 Å². The van der Waals surface area contributed by atoms with E-state index in [9.17, 15) is 33.4 Å². The minimum Gasteiger partial charge on any atom is -0.490 e. The summed E-state index contributed by atoms with van der Waals surface area (Å²) >= 11 is 3.23. The summed E-state index contributed by atoms with van der Waals surface area (Å²) in [7, 11) is -4.51. The molecule has 0 heterocycles. The first-order valence-electron chi connectivity index (χ1n) is 11.8. The number of amides is 1. The molecular weight excluding hydrogens is 622 g/mol. The van der Waals surface area contributed by atoms with Crippen LogP contribution in [0.25, 0.3) is 6.08 Å². The van der Waals surface area contributed by atoms with E-state index in [2.05, 4.69) is 21.2 Å². The Labute approximate surface area is 243 Å². The summed E-state index contributed by atoms with van der Waals surface area (Å²) in [6.07, 6.45) is 1.26. The number of ether oxygens (including phenoxy) is 2. The van der Waals surface area contributed by atoms with Gasteiger partial charge in [-0.2, -0.15) is 13.7 Å². The largest absolute Gasteiger partial charge is 0.490 e. The molecule has 0 radical (unpaired) electrons. The minimum absolute atomic E-state index is 0.0330. The lowest BCUT2D eigenvalue weighted by atomic mass is 10.1. The smallest absolute Gasteiger partial charge is 0.339 e. The summed E-state index contributed by atoms with van der Waals surface area (Å²) in [4.78, 5) is 34.5. The number of nitro benzene ring substituents is 1. The van der Waals surface area contributed by atoms with Gasteiger partial charge >= 0.3 is 16.1 Å². The van der Waals surface area contributed by atoms with Gasteiger partial charge in [0.2, 0.25) is 0 Å². The van der Waals surface area contributed by atoms with E-state index >= 15 is 0 Å². The Bertz CT molecular complexity index is 1660. The third kappa shape index (κ3) is 7.90. The van der Waals surface area contributed by atoms with Gasteiger partial charge in [-0.1, -0.05) is 6.07 Å². The maximum atomic E-state index is 12.9. The number of benzene rings is 3. The molecule has 212 valence electrons. The number of carbonyl (C=O) groups is 2. The van der Waals surface area contributed by atoms with Crippen molar-refractivity contribution in [1.29, 1.82) is 5.26 Å². The first kappa shape index (κ1) is 30.8. The van der Waals surface area contributed by atoms with Gasteiger partial charge in [0.15, 0.2) is 11.5 Å². The zero-order valence-electron chi connectivity index (χ0n) is 21.6. The molecule has 14 heteroatoms. The molecule has 0 fully saturated rings. The first-order chi connectivity index (χ1) is 19.5. The molecule has 12 nitrogen and oxygen atoms in total. The maximum Gasteiger partial charge on any atom is 0.339 e. The topological polar surface area (TPSA) is 175 Å². The molecule has 1 N–H and O–H groups in total. The average molecular weight is 644 g/mol. The third-order valence-electron chi connectivity index (χ3n) is 5.17. The number of nitriles is 1. The fourth-order valence-corrected chi connectivity index (χ4v) is 4.99. The second-order valence-electron chi connectivity index (χ2n) is 7.98. The Hall–Kier alpha value is -4.74. The number of esters is 1. The molecule has 3 aromatic rings. The van der Waals surface area contributed by atoms with E-state index in [0.29, 0.717) is 16.8 Å². The number of non-ortho nitro benzene ring substituents is 1. The van der Waals surface area contributed by atoms with Crippen LogP contribution < -0.4 is 14.2 Å². The number of nitrogens with one attached hydrogen (secondary N) is 1. The molecule has 0 aromatic heterocycles. The fourth-order valence-electron chi connectivity index (χ4n) is 3.34. The number of rotatable bonds is 11. The SMILES string of the molecule is CCOC(=O)c1ccc(NC(=O)/C(C#N)=C/c2cc(Br)c(OS(=O)(=O)c3cccc([N+](=O)[O-])c3)c(OCC)c2)cc1. The minimum atomic E-state index is -4.51. The van der Waals surface area contributed by atoms with Gasteiger partial charge in [-0.15, -0.1) is 0 Å². The zero-order valence-corrected chi connectivity index (χ0v) is 24.0. The lowest BCUT2D eigenvalue weighted by Crippen LogP contribution is -2.14. The van der Waals surface area contributed by atoms with E-state index in [1.165, 1.54) is 48.5 Å². The van der Waals surface area contributed by atoms with Crippen molar-refractivity contribution >= 4 is 55.4 Å². The van der Waals surface area contributed by atoms with E-state index < -0.39 is 37.5 Å². The van der Waals surface area contributed by atoms with Crippen LogP contribution >= 0.6 is 15.9 Å². The summed E-state index contributed by atoms with van der Waals surface area (Å²) in [5.74, 6) is -1.52. The van der Waals surface area contributed by atoms with Crippen LogP contribution in [-0.2, 0) is 19.6 Å².